The van der Waals surface area contributed by atoms with Crippen molar-refractivity contribution in [3.05, 3.63) is 123 Å². The Hall–Kier alpha value is -4.39. The summed E-state index contributed by atoms with van der Waals surface area (Å²) in [5.74, 6) is 0.471. The number of para-hydroxylation sites is 3. The largest absolute Gasteiger partial charge is 0.495 e. The second-order valence-corrected chi connectivity index (χ2v) is 8.37. The fourth-order valence-corrected chi connectivity index (χ4v) is 4.46. The molecule has 0 unspecified atom stereocenters. The number of ether oxygens (including phenoxy) is 1. The van der Waals surface area contributed by atoms with Gasteiger partial charge in [0.2, 0.25) is 0 Å². The third-order valence-corrected chi connectivity index (χ3v) is 6.19. The first kappa shape index (κ1) is 22.4. The molecule has 7 nitrogen and oxygen atoms in total. The van der Waals surface area contributed by atoms with Gasteiger partial charge >= 0.3 is 5.69 Å². The lowest BCUT2D eigenvalue weighted by Gasteiger charge is -2.16. The van der Waals surface area contributed by atoms with E-state index in [0.717, 1.165) is 18.7 Å². The molecular weight excluding hydrogens is 440 g/mol. The van der Waals surface area contributed by atoms with Crippen LogP contribution in [0.15, 0.2) is 101 Å². The highest BCUT2D eigenvalue weighted by molar-refractivity contribution is 5.78. The van der Waals surface area contributed by atoms with Crippen LogP contribution in [-0.2, 0) is 19.5 Å². The minimum Gasteiger partial charge on any atom is -0.495 e. The summed E-state index contributed by atoms with van der Waals surface area (Å²) in [6.45, 7) is 1.21. The third-order valence-electron chi connectivity index (χ3n) is 6.19. The Balaban J connectivity index is 1.48. The van der Waals surface area contributed by atoms with Gasteiger partial charge in [0, 0.05) is 25.0 Å². The minimum absolute atomic E-state index is 0.354. The van der Waals surface area contributed by atoms with Crippen molar-refractivity contribution in [2.24, 2.45) is 0 Å². The smallest absolute Gasteiger partial charge is 0.336 e. The van der Waals surface area contributed by atoms with Gasteiger partial charge in [-0.2, -0.15) is 0 Å². The zero-order chi connectivity index (χ0) is 24.2. The van der Waals surface area contributed by atoms with Crippen molar-refractivity contribution in [3.8, 4) is 11.4 Å². The second kappa shape index (κ2) is 9.85. The molecule has 0 N–H and O–H groups in total. The molecule has 0 bridgehead atoms. The van der Waals surface area contributed by atoms with E-state index in [0.29, 0.717) is 35.3 Å². The van der Waals surface area contributed by atoms with E-state index in [-0.39, 0.29) is 11.2 Å². The summed E-state index contributed by atoms with van der Waals surface area (Å²) in [6.07, 6.45) is 5.18. The highest BCUT2D eigenvalue weighted by Gasteiger charge is 2.17. The molecule has 0 saturated heterocycles. The van der Waals surface area contributed by atoms with E-state index in [1.165, 1.54) is 17.2 Å². The monoisotopic (exact) mass is 466 g/mol. The number of fused-ring (bicyclic) bond motifs is 1. The molecule has 0 fully saturated rings. The van der Waals surface area contributed by atoms with Gasteiger partial charge in [0.1, 0.15) is 5.75 Å². The van der Waals surface area contributed by atoms with E-state index < -0.39 is 0 Å². The number of imidazole rings is 1. The van der Waals surface area contributed by atoms with Gasteiger partial charge in [0.25, 0.3) is 5.56 Å². The van der Waals surface area contributed by atoms with Crippen molar-refractivity contribution in [2.45, 2.75) is 25.9 Å². The summed E-state index contributed by atoms with van der Waals surface area (Å²) in [7, 11) is 1.53. The lowest BCUT2D eigenvalue weighted by molar-refractivity contribution is 0.411. The fraction of sp³-hybridized carbons (Fsp3) is 0.179. The Morgan fingerprint density at radius 2 is 1.63 bits per heavy atom. The number of rotatable bonds is 8. The molecule has 0 saturated carbocycles. The maximum absolute atomic E-state index is 13.6. The third kappa shape index (κ3) is 4.40. The number of methoxy groups -OCH3 is 1. The van der Waals surface area contributed by atoms with Gasteiger partial charge in [-0.3, -0.25) is 9.36 Å². The van der Waals surface area contributed by atoms with Gasteiger partial charge in [0.15, 0.2) is 0 Å². The van der Waals surface area contributed by atoms with Crippen LogP contribution in [0.2, 0.25) is 0 Å². The lowest BCUT2D eigenvalue weighted by atomic mass is 10.2. The number of hydrogen-bond donors (Lipinski definition) is 0. The number of aryl methyl sites for hydroxylation is 2. The van der Waals surface area contributed by atoms with E-state index in [1.54, 1.807) is 28.8 Å². The molecule has 0 radical (unpaired) electrons. The molecule has 35 heavy (non-hydrogen) atoms. The summed E-state index contributed by atoms with van der Waals surface area (Å²) < 4.78 is 10.5. The van der Waals surface area contributed by atoms with Crippen molar-refractivity contribution in [3.63, 3.8) is 0 Å². The standard InChI is InChI=1S/C28H26N4O3/c1-35-26-16-8-7-15-25(26)32-27(33)23-13-5-6-14-24(23)31(28(32)34)17-9-12-22-18-29-20-30(22)19-21-10-3-2-4-11-21/h2-8,10-11,13-16,18,20H,9,12,17,19H2,1H3. The number of hydrogen-bond acceptors (Lipinski definition) is 4. The van der Waals surface area contributed by atoms with Crippen LogP contribution in [0.25, 0.3) is 16.6 Å². The number of aromatic nitrogens is 4. The Bertz CT molecular complexity index is 1580. The molecule has 0 spiro atoms. The summed E-state index contributed by atoms with van der Waals surface area (Å²) in [4.78, 5) is 31.3. The molecule has 0 amide bonds. The summed E-state index contributed by atoms with van der Waals surface area (Å²) in [6, 6.07) is 24.6. The van der Waals surface area contributed by atoms with E-state index in [1.807, 2.05) is 55.0 Å². The Morgan fingerprint density at radius 3 is 2.46 bits per heavy atom. The van der Waals surface area contributed by atoms with Crippen LogP contribution in [0.5, 0.6) is 5.75 Å². The maximum atomic E-state index is 13.6. The average molecular weight is 467 g/mol. The lowest BCUT2D eigenvalue weighted by Crippen LogP contribution is -2.39. The van der Waals surface area contributed by atoms with Crippen molar-refractivity contribution < 1.29 is 4.74 Å². The van der Waals surface area contributed by atoms with Crippen LogP contribution in [0.3, 0.4) is 0 Å². The predicted molar refractivity (Wildman–Crippen MR) is 136 cm³/mol. The van der Waals surface area contributed by atoms with Gasteiger partial charge in [-0.25, -0.2) is 14.3 Å². The molecular formula is C28H26N4O3. The Morgan fingerprint density at radius 1 is 0.886 bits per heavy atom. The van der Waals surface area contributed by atoms with E-state index >= 15 is 0 Å². The minimum atomic E-state index is -0.379. The predicted octanol–water partition coefficient (Wildman–Crippen LogP) is 4.04. The first-order valence-electron chi connectivity index (χ1n) is 11.6. The number of nitrogens with zero attached hydrogens (tertiary/aromatic N) is 4. The second-order valence-electron chi connectivity index (χ2n) is 8.37. The fourth-order valence-electron chi connectivity index (χ4n) is 4.46. The molecule has 7 heteroatoms. The molecule has 3 aromatic carbocycles. The zero-order valence-electron chi connectivity index (χ0n) is 19.5. The topological polar surface area (TPSA) is 71.0 Å². The highest BCUT2D eigenvalue weighted by atomic mass is 16.5. The van der Waals surface area contributed by atoms with Gasteiger partial charge < -0.3 is 9.30 Å². The average Bonchev–Trinajstić information content (AvgIpc) is 3.33. The van der Waals surface area contributed by atoms with Crippen LogP contribution in [-0.4, -0.2) is 25.8 Å². The molecule has 0 aliphatic carbocycles. The van der Waals surface area contributed by atoms with Crippen LogP contribution in [0.4, 0.5) is 0 Å². The van der Waals surface area contributed by atoms with Crippen molar-refractivity contribution in [1.82, 2.24) is 18.7 Å². The van der Waals surface area contributed by atoms with Gasteiger partial charge in [-0.05, 0) is 42.7 Å². The quantitative estimate of drug-likeness (QED) is 0.346. The van der Waals surface area contributed by atoms with Gasteiger partial charge in [-0.1, -0.05) is 54.6 Å². The summed E-state index contributed by atoms with van der Waals surface area (Å²) in [5, 5.41) is 0.493. The van der Waals surface area contributed by atoms with Crippen molar-refractivity contribution in [1.29, 1.82) is 0 Å². The molecule has 0 aliphatic rings. The molecule has 5 aromatic rings. The molecule has 2 aromatic heterocycles. The van der Waals surface area contributed by atoms with Crippen LogP contribution in [0, 0.1) is 0 Å². The Labute approximate surface area is 202 Å². The summed E-state index contributed by atoms with van der Waals surface area (Å²) >= 11 is 0. The normalized spacial score (nSPS) is 11.1. The molecule has 0 atom stereocenters. The van der Waals surface area contributed by atoms with Crippen LogP contribution >= 0.6 is 0 Å². The highest BCUT2D eigenvalue weighted by Crippen LogP contribution is 2.20. The summed E-state index contributed by atoms with van der Waals surface area (Å²) in [5.41, 5.74) is 2.64. The SMILES string of the molecule is COc1ccccc1-n1c(=O)c2ccccc2n(CCCc2cncn2Cc2ccccc2)c1=O. The van der Waals surface area contributed by atoms with Crippen LogP contribution in [0.1, 0.15) is 17.7 Å². The molecule has 2 heterocycles. The van der Waals surface area contributed by atoms with E-state index in [4.69, 9.17) is 4.74 Å². The molecule has 176 valence electrons. The molecule has 0 aliphatic heterocycles. The van der Waals surface area contributed by atoms with Crippen molar-refractivity contribution in [2.75, 3.05) is 7.11 Å². The van der Waals surface area contributed by atoms with Crippen LogP contribution < -0.4 is 16.0 Å². The van der Waals surface area contributed by atoms with E-state index in [9.17, 15) is 9.59 Å². The maximum Gasteiger partial charge on any atom is 0.336 e. The number of benzene rings is 3. The van der Waals surface area contributed by atoms with Gasteiger partial charge in [-0.15, -0.1) is 0 Å². The first-order chi connectivity index (χ1) is 17.2. The first-order valence-corrected chi connectivity index (χ1v) is 11.6. The molecule has 5 rings (SSSR count). The van der Waals surface area contributed by atoms with E-state index in [2.05, 4.69) is 21.7 Å². The van der Waals surface area contributed by atoms with Crippen molar-refractivity contribution >= 4 is 10.9 Å². The van der Waals surface area contributed by atoms with Gasteiger partial charge in [0.05, 0.1) is 30.0 Å². The zero-order valence-corrected chi connectivity index (χ0v) is 19.5. The Kier molecular flexibility index (Phi) is 6.30.